The first-order chi connectivity index (χ1) is 18.3. The Balaban J connectivity index is 1.43. The average Bonchev–Trinajstić information content (AvgIpc) is 3.60. The smallest absolute Gasteiger partial charge is 0.410 e. The van der Waals surface area contributed by atoms with Gasteiger partial charge < -0.3 is 24.4 Å². The van der Waals surface area contributed by atoms with Crippen molar-refractivity contribution in [2.75, 3.05) is 38.3 Å². The summed E-state index contributed by atoms with van der Waals surface area (Å²) in [4.78, 5) is 38.7. The van der Waals surface area contributed by atoms with Crippen LogP contribution in [0.1, 0.15) is 62.8 Å². The number of hydrogen-bond donors (Lipinski definition) is 2. The van der Waals surface area contributed by atoms with Crippen LogP contribution in [0.2, 0.25) is 0 Å². The highest BCUT2D eigenvalue weighted by atomic mass is 31.2. The number of nitrogens with one attached hydrogen (secondary N) is 2. The molecular weight excluding hydrogens is 517 g/mol. The van der Waals surface area contributed by atoms with Crippen LogP contribution in [0.5, 0.6) is 0 Å². The highest BCUT2D eigenvalue weighted by Crippen LogP contribution is 2.40. The van der Waals surface area contributed by atoms with Crippen LogP contribution in [0.25, 0.3) is 10.9 Å². The van der Waals surface area contributed by atoms with Crippen LogP contribution in [0.15, 0.2) is 24.3 Å². The fraction of sp³-hybridized carbons (Fsp3) is 0.519. The Morgan fingerprint density at radius 2 is 1.87 bits per heavy atom. The second kappa shape index (κ2) is 9.93. The van der Waals surface area contributed by atoms with E-state index in [1.54, 1.807) is 35.3 Å². The summed E-state index contributed by atoms with van der Waals surface area (Å²) in [6.45, 7) is 11.8. The maximum Gasteiger partial charge on any atom is 0.410 e. The van der Waals surface area contributed by atoms with Gasteiger partial charge in [0.1, 0.15) is 18.6 Å². The van der Waals surface area contributed by atoms with E-state index in [0.717, 1.165) is 18.5 Å². The predicted molar refractivity (Wildman–Crippen MR) is 151 cm³/mol. The van der Waals surface area contributed by atoms with Crippen LogP contribution in [-0.2, 0) is 9.30 Å². The second-order valence-corrected chi connectivity index (χ2v) is 15.0. The molecule has 1 aromatic carbocycles. The van der Waals surface area contributed by atoms with Crippen molar-refractivity contribution in [1.29, 1.82) is 0 Å². The Bertz CT molecular complexity index is 1470. The summed E-state index contributed by atoms with van der Waals surface area (Å²) >= 11 is 0. The van der Waals surface area contributed by atoms with E-state index in [0.29, 0.717) is 53.4 Å². The van der Waals surface area contributed by atoms with Crippen molar-refractivity contribution in [3.8, 4) is 0 Å². The maximum absolute atomic E-state index is 13.6. The zero-order chi connectivity index (χ0) is 28.1. The van der Waals surface area contributed by atoms with Crippen LogP contribution in [0.4, 0.5) is 16.4 Å². The third-order valence-electron chi connectivity index (χ3n) is 6.90. The van der Waals surface area contributed by atoms with Gasteiger partial charge in [0.05, 0.1) is 5.52 Å². The van der Waals surface area contributed by atoms with Crippen LogP contribution >= 0.6 is 7.14 Å². The van der Waals surface area contributed by atoms with E-state index in [9.17, 15) is 14.2 Å². The van der Waals surface area contributed by atoms with Gasteiger partial charge in [-0.15, -0.1) is 0 Å². The van der Waals surface area contributed by atoms with Gasteiger partial charge in [-0.1, -0.05) is 0 Å². The summed E-state index contributed by atoms with van der Waals surface area (Å²) in [6.07, 6.45) is 1.89. The van der Waals surface area contributed by atoms with Gasteiger partial charge in [-0.25, -0.2) is 14.8 Å². The lowest BCUT2D eigenvalue weighted by molar-refractivity contribution is 0.00182. The van der Waals surface area contributed by atoms with E-state index in [2.05, 4.69) is 25.5 Å². The molecule has 1 saturated carbocycles. The predicted octanol–water partition coefficient (Wildman–Crippen LogP) is 4.30. The third kappa shape index (κ3) is 6.08. The molecule has 1 aliphatic heterocycles. The van der Waals surface area contributed by atoms with E-state index < -0.39 is 12.7 Å². The van der Waals surface area contributed by atoms with E-state index >= 15 is 0 Å². The fourth-order valence-corrected chi connectivity index (χ4v) is 5.52. The van der Waals surface area contributed by atoms with Crippen molar-refractivity contribution in [2.45, 2.75) is 58.1 Å². The number of piperazine rings is 1. The third-order valence-corrected chi connectivity index (χ3v) is 8.42. The summed E-state index contributed by atoms with van der Waals surface area (Å²) in [7, 11) is -2.54. The van der Waals surface area contributed by atoms with Crippen LogP contribution in [0, 0.1) is 0 Å². The number of aromatic nitrogens is 4. The van der Waals surface area contributed by atoms with Gasteiger partial charge >= 0.3 is 6.09 Å². The molecule has 5 rings (SSSR count). The van der Waals surface area contributed by atoms with Crippen molar-refractivity contribution in [3.63, 3.8) is 0 Å². The highest BCUT2D eigenvalue weighted by molar-refractivity contribution is 7.70. The molecule has 0 bridgehead atoms. The minimum Gasteiger partial charge on any atom is -0.444 e. The standard InChI is InChI=1S/C27H36N7O4P/c1-16-15-33(11-12-34(16)26(36)38-27(2,3)4)25(35)24-28-20-10-9-18(39(5,6)37)13-19(20)23(30-24)29-22-14-21(31-32-22)17-7-8-17/h9-10,13-14,16-17H,7-8,11-12,15H2,1-6H3,(H2,28,29,30,31,32)/t16-/m1/s1. The second-order valence-electron chi connectivity index (χ2n) is 11.8. The van der Waals surface area contributed by atoms with Crippen molar-refractivity contribution in [2.24, 2.45) is 0 Å². The Kier molecular flexibility index (Phi) is 6.91. The van der Waals surface area contributed by atoms with E-state index in [1.165, 1.54) is 0 Å². The van der Waals surface area contributed by atoms with Gasteiger partial charge in [-0.3, -0.25) is 9.89 Å². The molecule has 2 amide bonds. The highest BCUT2D eigenvalue weighted by Gasteiger charge is 2.34. The van der Waals surface area contributed by atoms with Crippen LogP contribution in [0.3, 0.4) is 0 Å². The van der Waals surface area contributed by atoms with Crippen molar-refractivity contribution < 1.29 is 18.9 Å². The molecule has 11 nitrogen and oxygen atoms in total. The largest absolute Gasteiger partial charge is 0.444 e. The maximum atomic E-state index is 13.6. The number of benzene rings is 1. The Morgan fingerprint density at radius 1 is 1.13 bits per heavy atom. The number of H-pyrrole nitrogens is 1. The normalized spacial score (nSPS) is 18.4. The molecule has 2 aromatic heterocycles. The van der Waals surface area contributed by atoms with Gasteiger partial charge in [0.2, 0.25) is 5.82 Å². The SMILES string of the molecule is C[C@@H]1CN(C(=O)c2nc(Nc3cc(C4CC4)[nH]n3)c3cc(P(C)(C)=O)ccc3n2)CCN1C(=O)OC(C)(C)C. The van der Waals surface area contributed by atoms with E-state index in [-0.39, 0.29) is 23.9 Å². The molecule has 1 aliphatic carbocycles. The number of fused-ring (bicyclic) bond motifs is 1. The fourth-order valence-electron chi connectivity index (χ4n) is 4.64. The van der Waals surface area contributed by atoms with E-state index in [1.807, 2.05) is 39.8 Å². The van der Waals surface area contributed by atoms with Gasteiger partial charge in [-0.2, -0.15) is 5.10 Å². The molecular formula is C27H36N7O4P. The van der Waals surface area contributed by atoms with Crippen LogP contribution in [-0.4, -0.2) is 86.6 Å². The molecule has 0 unspecified atom stereocenters. The van der Waals surface area contributed by atoms with E-state index in [4.69, 9.17) is 4.74 Å². The monoisotopic (exact) mass is 553 g/mol. The Hall–Kier alpha value is -3.46. The topological polar surface area (TPSA) is 133 Å². The number of rotatable bonds is 5. The molecule has 0 radical (unpaired) electrons. The molecule has 3 heterocycles. The molecule has 39 heavy (non-hydrogen) atoms. The summed E-state index contributed by atoms with van der Waals surface area (Å²) in [5, 5.41) is 12.1. The Labute approximate surface area is 228 Å². The first-order valence-corrected chi connectivity index (χ1v) is 15.9. The lowest BCUT2D eigenvalue weighted by atomic mass is 10.2. The molecule has 2 fully saturated rings. The zero-order valence-corrected chi connectivity index (χ0v) is 24.2. The summed E-state index contributed by atoms with van der Waals surface area (Å²) in [6, 6.07) is 7.11. The number of carbonyl (C=O) groups excluding carboxylic acids is 2. The zero-order valence-electron chi connectivity index (χ0n) is 23.3. The minimum absolute atomic E-state index is 0.0461. The molecule has 1 atom stereocenters. The molecule has 0 spiro atoms. The molecule has 3 aromatic rings. The molecule has 2 N–H and O–H groups in total. The molecule has 12 heteroatoms. The summed E-state index contributed by atoms with van der Waals surface area (Å²) in [5.41, 5.74) is 1.03. The molecule has 1 saturated heterocycles. The lowest BCUT2D eigenvalue weighted by Crippen LogP contribution is -2.56. The first kappa shape index (κ1) is 27.1. The number of hydrogen-bond acceptors (Lipinski definition) is 8. The number of ether oxygens (including phenoxy) is 1. The lowest BCUT2D eigenvalue weighted by Gasteiger charge is -2.39. The average molecular weight is 554 g/mol. The van der Waals surface area contributed by atoms with Gasteiger partial charge in [0.25, 0.3) is 5.91 Å². The van der Waals surface area contributed by atoms with Gasteiger partial charge in [0, 0.05) is 54.0 Å². The Morgan fingerprint density at radius 3 is 2.51 bits per heavy atom. The summed E-state index contributed by atoms with van der Waals surface area (Å²) in [5.74, 6) is 1.25. The van der Waals surface area contributed by atoms with Gasteiger partial charge in [-0.05, 0) is 72.1 Å². The number of anilines is 2. The number of carbonyl (C=O) groups is 2. The number of nitrogens with zero attached hydrogens (tertiary/aromatic N) is 5. The number of aromatic amines is 1. The molecule has 2 aliphatic rings. The van der Waals surface area contributed by atoms with Gasteiger partial charge in [0.15, 0.2) is 5.82 Å². The molecule has 208 valence electrons. The van der Waals surface area contributed by atoms with Crippen molar-refractivity contribution in [3.05, 3.63) is 35.8 Å². The van der Waals surface area contributed by atoms with Crippen molar-refractivity contribution >= 4 is 47.0 Å². The summed E-state index contributed by atoms with van der Waals surface area (Å²) < 4.78 is 18.3. The number of amides is 2. The minimum atomic E-state index is -2.54. The van der Waals surface area contributed by atoms with Crippen LogP contribution < -0.4 is 10.6 Å². The first-order valence-electron chi connectivity index (χ1n) is 13.3. The van der Waals surface area contributed by atoms with Crippen molar-refractivity contribution in [1.82, 2.24) is 30.0 Å². The quantitative estimate of drug-likeness (QED) is 0.447.